The van der Waals surface area contributed by atoms with E-state index in [2.05, 4.69) is 22.5 Å². The van der Waals surface area contributed by atoms with E-state index in [0.29, 0.717) is 18.6 Å². The molecule has 4 nitrogen and oxygen atoms in total. The molecule has 114 valence electrons. The van der Waals surface area contributed by atoms with Crippen LogP contribution in [-0.2, 0) is 4.79 Å². The number of anilines is 1. The number of aryl methyl sites for hydroxylation is 1. The molecule has 2 N–H and O–H groups in total. The molecule has 0 radical (unpaired) electrons. The van der Waals surface area contributed by atoms with Crippen LogP contribution < -0.4 is 10.6 Å². The smallest absolute Gasteiger partial charge is 0.238 e. The summed E-state index contributed by atoms with van der Waals surface area (Å²) in [6.07, 6.45) is 4.95. The molecule has 2 fully saturated rings. The van der Waals surface area contributed by atoms with Crippen LogP contribution in [0.3, 0.4) is 0 Å². The molecule has 0 spiro atoms. The van der Waals surface area contributed by atoms with Gasteiger partial charge in [-0.3, -0.25) is 9.69 Å². The average Bonchev–Trinajstić information content (AvgIpc) is 3.11. The van der Waals surface area contributed by atoms with Gasteiger partial charge in [0.05, 0.1) is 6.54 Å². The van der Waals surface area contributed by atoms with Gasteiger partial charge >= 0.3 is 0 Å². The predicted octanol–water partition coefficient (Wildman–Crippen LogP) is 2.15. The summed E-state index contributed by atoms with van der Waals surface area (Å²) in [5, 5.41) is 6.59. The van der Waals surface area contributed by atoms with Gasteiger partial charge in [-0.15, -0.1) is 0 Å². The van der Waals surface area contributed by atoms with Gasteiger partial charge in [-0.25, -0.2) is 0 Å². The molecular weight excluding hydrogens is 262 g/mol. The number of amides is 1. The Morgan fingerprint density at radius 2 is 2.10 bits per heavy atom. The van der Waals surface area contributed by atoms with Gasteiger partial charge in [-0.2, -0.15) is 0 Å². The fourth-order valence-corrected chi connectivity index (χ4v) is 3.57. The van der Waals surface area contributed by atoms with Gasteiger partial charge in [0.1, 0.15) is 0 Å². The van der Waals surface area contributed by atoms with Crippen molar-refractivity contribution in [3.05, 3.63) is 29.8 Å². The van der Waals surface area contributed by atoms with E-state index in [1.807, 2.05) is 24.3 Å². The third-order valence-corrected chi connectivity index (χ3v) is 4.66. The number of carbonyl (C=O) groups is 1. The van der Waals surface area contributed by atoms with E-state index >= 15 is 0 Å². The summed E-state index contributed by atoms with van der Waals surface area (Å²) in [5.41, 5.74) is 2.10. The molecular formula is C17H25N3O. The van der Waals surface area contributed by atoms with E-state index in [9.17, 15) is 4.79 Å². The zero-order valence-electron chi connectivity index (χ0n) is 12.8. The Bertz CT molecular complexity index is 479. The summed E-state index contributed by atoms with van der Waals surface area (Å²) < 4.78 is 0. The van der Waals surface area contributed by atoms with E-state index in [4.69, 9.17) is 0 Å². The highest BCUT2D eigenvalue weighted by Crippen LogP contribution is 2.24. The van der Waals surface area contributed by atoms with Crippen molar-refractivity contribution in [2.75, 3.05) is 25.0 Å². The van der Waals surface area contributed by atoms with E-state index in [1.165, 1.54) is 31.2 Å². The van der Waals surface area contributed by atoms with Crippen LogP contribution >= 0.6 is 0 Å². The number of nitrogens with zero attached hydrogens (tertiary/aromatic N) is 1. The molecule has 1 aromatic carbocycles. The van der Waals surface area contributed by atoms with Crippen molar-refractivity contribution in [2.24, 2.45) is 0 Å². The SMILES string of the molecule is Cc1ccc(NC(=O)CN2CCCC2C2CCCN2)cc1. The molecule has 0 saturated carbocycles. The fourth-order valence-electron chi connectivity index (χ4n) is 3.57. The molecule has 2 atom stereocenters. The van der Waals surface area contributed by atoms with Crippen molar-refractivity contribution in [2.45, 2.75) is 44.7 Å². The lowest BCUT2D eigenvalue weighted by Crippen LogP contribution is -2.46. The minimum atomic E-state index is 0.101. The standard InChI is InChI=1S/C17H25N3O/c1-13-6-8-14(9-7-13)19-17(21)12-20-11-3-5-16(20)15-4-2-10-18-15/h6-9,15-16,18H,2-5,10-12H2,1H3,(H,19,21). The third-order valence-electron chi connectivity index (χ3n) is 4.66. The van der Waals surface area contributed by atoms with Gasteiger partial charge in [0, 0.05) is 17.8 Å². The number of hydrogen-bond acceptors (Lipinski definition) is 3. The third kappa shape index (κ3) is 3.63. The van der Waals surface area contributed by atoms with Crippen LogP contribution in [-0.4, -0.2) is 42.5 Å². The summed E-state index contributed by atoms with van der Waals surface area (Å²) in [6.45, 7) is 4.74. The summed E-state index contributed by atoms with van der Waals surface area (Å²) in [4.78, 5) is 14.6. The molecule has 2 aliphatic heterocycles. The second kappa shape index (κ2) is 6.58. The Hall–Kier alpha value is -1.39. The maximum Gasteiger partial charge on any atom is 0.238 e. The minimum absolute atomic E-state index is 0.101. The topological polar surface area (TPSA) is 44.4 Å². The van der Waals surface area contributed by atoms with E-state index < -0.39 is 0 Å². The molecule has 2 heterocycles. The highest BCUT2D eigenvalue weighted by molar-refractivity contribution is 5.92. The highest BCUT2D eigenvalue weighted by Gasteiger charge is 2.33. The van der Waals surface area contributed by atoms with E-state index in [0.717, 1.165) is 18.8 Å². The summed E-state index contributed by atoms with van der Waals surface area (Å²) in [7, 11) is 0. The molecule has 0 bridgehead atoms. The first-order valence-corrected chi connectivity index (χ1v) is 8.06. The molecule has 3 rings (SSSR count). The van der Waals surface area contributed by atoms with Crippen LogP contribution in [0.25, 0.3) is 0 Å². The largest absolute Gasteiger partial charge is 0.325 e. The van der Waals surface area contributed by atoms with E-state index in [1.54, 1.807) is 0 Å². The van der Waals surface area contributed by atoms with Crippen molar-refractivity contribution in [1.29, 1.82) is 0 Å². The first kappa shape index (κ1) is 14.5. The first-order valence-electron chi connectivity index (χ1n) is 8.06. The maximum absolute atomic E-state index is 12.2. The van der Waals surface area contributed by atoms with Crippen LogP contribution in [0.5, 0.6) is 0 Å². The highest BCUT2D eigenvalue weighted by atomic mass is 16.2. The van der Waals surface area contributed by atoms with Gasteiger partial charge in [0.15, 0.2) is 0 Å². The lowest BCUT2D eigenvalue weighted by atomic mass is 10.0. The van der Waals surface area contributed by atoms with Crippen molar-refractivity contribution in [1.82, 2.24) is 10.2 Å². The normalized spacial score (nSPS) is 26.1. The van der Waals surface area contributed by atoms with Gasteiger partial charge < -0.3 is 10.6 Å². The zero-order chi connectivity index (χ0) is 14.7. The van der Waals surface area contributed by atoms with Crippen molar-refractivity contribution in [3.8, 4) is 0 Å². The zero-order valence-corrected chi connectivity index (χ0v) is 12.8. The maximum atomic E-state index is 12.2. The molecule has 21 heavy (non-hydrogen) atoms. The van der Waals surface area contributed by atoms with E-state index in [-0.39, 0.29) is 5.91 Å². The number of hydrogen-bond donors (Lipinski definition) is 2. The number of rotatable bonds is 4. The molecule has 0 aromatic heterocycles. The second-order valence-corrected chi connectivity index (χ2v) is 6.30. The van der Waals surface area contributed by atoms with Crippen LogP contribution in [0.15, 0.2) is 24.3 Å². The van der Waals surface area contributed by atoms with Crippen molar-refractivity contribution in [3.63, 3.8) is 0 Å². The fraction of sp³-hybridized carbons (Fsp3) is 0.588. The number of carbonyl (C=O) groups excluding carboxylic acids is 1. The lowest BCUT2D eigenvalue weighted by molar-refractivity contribution is -0.117. The molecule has 2 aliphatic rings. The minimum Gasteiger partial charge on any atom is -0.325 e. The van der Waals surface area contributed by atoms with Gasteiger partial charge in [0.2, 0.25) is 5.91 Å². The Morgan fingerprint density at radius 3 is 2.81 bits per heavy atom. The summed E-state index contributed by atoms with van der Waals surface area (Å²) >= 11 is 0. The Kier molecular flexibility index (Phi) is 4.56. The monoisotopic (exact) mass is 287 g/mol. The number of benzene rings is 1. The second-order valence-electron chi connectivity index (χ2n) is 6.30. The molecule has 0 aliphatic carbocycles. The van der Waals surface area contributed by atoms with Gasteiger partial charge in [-0.05, 0) is 57.8 Å². The number of nitrogens with one attached hydrogen (secondary N) is 2. The Morgan fingerprint density at radius 1 is 1.29 bits per heavy atom. The Labute approximate surface area is 126 Å². The molecule has 2 saturated heterocycles. The molecule has 1 amide bonds. The van der Waals surface area contributed by atoms with Gasteiger partial charge in [-0.1, -0.05) is 17.7 Å². The predicted molar refractivity (Wildman–Crippen MR) is 85.4 cm³/mol. The first-order chi connectivity index (χ1) is 10.2. The van der Waals surface area contributed by atoms with Crippen molar-refractivity contribution < 1.29 is 4.79 Å². The van der Waals surface area contributed by atoms with Gasteiger partial charge in [0.25, 0.3) is 0 Å². The van der Waals surface area contributed by atoms with Crippen LogP contribution in [0.1, 0.15) is 31.2 Å². The number of likely N-dealkylation sites (tertiary alicyclic amines) is 1. The van der Waals surface area contributed by atoms with Crippen LogP contribution in [0.2, 0.25) is 0 Å². The summed E-state index contributed by atoms with van der Waals surface area (Å²) in [6, 6.07) is 9.10. The average molecular weight is 287 g/mol. The molecule has 1 aromatic rings. The van der Waals surface area contributed by atoms with Crippen LogP contribution in [0.4, 0.5) is 5.69 Å². The Balaban J connectivity index is 1.54. The lowest BCUT2D eigenvalue weighted by Gasteiger charge is -2.28. The quantitative estimate of drug-likeness (QED) is 0.892. The summed E-state index contributed by atoms with van der Waals surface area (Å²) in [5.74, 6) is 0.101. The van der Waals surface area contributed by atoms with Crippen molar-refractivity contribution >= 4 is 11.6 Å². The van der Waals surface area contributed by atoms with Crippen LogP contribution in [0, 0.1) is 6.92 Å². The molecule has 4 heteroatoms. The molecule has 2 unspecified atom stereocenters.